The highest BCUT2D eigenvalue weighted by atomic mass is 16.2. The molecule has 1 aliphatic heterocycles. The molecular formula is C17H25NO. The van der Waals surface area contributed by atoms with Crippen LogP contribution >= 0.6 is 0 Å². The number of hydrogen-bond donors (Lipinski definition) is 0. The Morgan fingerprint density at radius 3 is 2.32 bits per heavy atom. The smallest absolute Gasteiger partial charge is 0.254 e. The van der Waals surface area contributed by atoms with E-state index >= 15 is 0 Å². The molecule has 1 atom stereocenters. The Labute approximate surface area is 116 Å². The lowest BCUT2D eigenvalue weighted by molar-refractivity contribution is 0.0635. The predicted octanol–water partition coefficient (Wildman–Crippen LogP) is 4.00. The molecular weight excluding hydrogens is 234 g/mol. The molecule has 1 aromatic rings. The largest absolute Gasteiger partial charge is 0.336 e. The Kier molecular flexibility index (Phi) is 3.98. The van der Waals surface area contributed by atoms with Crippen LogP contribution in [0.1, 0.15) is 62.9 Å². The number of likely N-dealkylation sites (tertiary alicyclic amines) is 1. The molecule has 1 fully saturated rings. The first-order chi connectivity index (χ1) is 8.89. The Morgan fingerprint density at radius 2 is 1.79 bits per heavy atom. The zero-order chi connectivity index (χ0) is 14.0. The normalized spacial score (nSPS) is 20.4. The number of rotatable bonds is 1. The second-order valence-electron chi connectivity index (χ2n) is 6.67. The van der Waals surface area contributed by atoms with Crippen molar-refractivity contribution in [2.24, 2.45) is 0 Å². The summed E-state index contributed by atoms with van der Waals surface area (Å²) in [5.74, 6) is 0.188. The fraction of sp³-hybridized carbons (Fsp3) is 0.588. The van der Waals surface area contributed by atoms with E-state index in [9.17, 15) is 4.79 Å². The molecule has 1 aliphatic rings. The minimum Gasteiger partial charge on any atom is -0.336 e. The van der Waals surface area contributed by atoms with E-state index in [1.54, 1.807) is 0 Å². The van der Waals surface area contributed by atoms with E-state index < -0.39 is 0 Å². The summed E-state index contributed by atoms with van der Waals surface area (Å²) in [5, 5.41) is 0. The summed E-state index contributed by atoms with van der Waals surface area (Å²) >= 11 is 0. The zero-order valence-corrected chi connectivity index (χ0v) is 12.6. The highest BCUT2D eigenvalue weighted by Crippen LogP contribution is 2.24. The summed E-state index contributed by atoms with van der Waals surface area (Å²) in [6.45, 7) is 9.63. The van der Waals surface area contributed by atoms with Crippen molar-refractivity contribution in [2.75, 3.05) is 6.54 Å². The van der Waals surface area contributed by atoms with E-state index in [1.807, 2.05) is 17.0 Å². The average molecular weight is 259 g/mol. The van der Waals surface area contributed by atoms with E-state index in [4.69, 9.17) is 0 Å². The van der Waals surface area contributed by atoms with Crippen LogP contribution in [0.3, 0.4) is 0 Å². The van der Waals surface area contributed by atoms with Gasteiger partial charge in [-0.2, -0.15) is 0 Å². The molecule has 0 aromatic heterocycles. The third-order valence-electron chi connectivity index (χ3n) is 4.06. The van der Waals surface area contributed by atoms with Gasteiger partial charge in [-0.05, 0) is 49.3 Å². The van der Waals surface area contributed by atoms with Crippen molar-refractivity contribution in [2.45, 2.75) is 58.4 Å². The van der Waals surface area contributed by atoms with Gasteiger partial charge in [0.25, 0.3) is 5.91 Å². The topological polar surface area (TPSA) is 20.3 Å². The van der Waals surface area contributed by atoms with Crippen molar-refractivity contribution < 1.29 is 4.79 Å². The lowest BCUT2D eigenvalue weighted by Gasteiger charge is -2.33. The Morgan fingerprint density at radius 1 is 1.16 bits per heavy atom. The van der Waals surface area contributed by atoms with Crippen LogP contribution in [0, 0.1) is 0 Å². The van der Waals surface area contributed by atoms with Crippen molar-refractivity contribution in [3.63, 3.8) is 0 Å². The predicted molar refractivity (Wildman–Crippen MR) is 79.5 cm³/mol. The van der Waals surface area contributed by atoms with E-state index in [0.29, 0.717) is 6.04 Å². The molecule has 1 heterocycles. The molecule has 0 bridgehead atoms. The molecule has 0 radical (unpaired) electrons. The molecule has 0 saturated carbocycles. The molecule has 1 saturated heterocycles. The summed E-state index contributed by atoms with van der Waals surface area (Å²) in [7, 11) is 0. The number of hydrogen-bond acceptors (Lipinski definition) is 1. The van der Waals surface area contributed by atoms with Crippen LogP contribution in [0.25, 0.3) is 0 Å². The number of carbonyl (C=O) groups excluding carboxylic acids is 1. The van der Waals surface area contributed by atoms with Crippen LogP contribution in [0.2, 0.25) is 0 Å². The second-order valence-corrected chi connectivity index (χ2v) is 6.67. The van der Waals surface area contributed by atoms with Gasteiger partial charge in [-0.3, -0.25) is 4.79 Å². The minimum absolute atomic E-state index is 0.139. The van der Waals surface area contributed by atoms with Crippen molar-refractivity contribution in [1.82, 2.24) is 4.90 Å². The highest BCUT2D eigenvalue weighted by Gasteiger charge is 2.24. The van der Waals surface area contributed by atoms with Gasteiger partial charge >= 0.3 is 0 Å². The first kappa shape index (κ1) is 14.1. The molecule has 0 spiro atoms. The molecule has 1 aromatic carbocycles. The number of nitrogens with zero attached hydrogens (tertiary/aromatic N) is 1. The number of piperidine rings is 1. The maximum absolute atomic E-state index is 12.5. The maximum Gasteiger partial charge on any atom is 0.254 e. The van der Waals surface area contributed by atoms with Crippen LogP contribution in [0.4, 0.5) is 0 Å². The Balaban J connectivity index is 2.15. The molecule has 0 aliphatic carbocycles. The fourth-order valence-corrected chi connectivity index (χ4v) is 2.68. The van der Waals surface area contributed by atoms with Crippen LogP contribution in [-0.4, -0.2) is 23.4 Å². The number of carbonyl (C=O) groups is 1. The summed E-state index contributed by atoms with van der Waals surface area (Å²) in [6.07, 6.45) is 3.51. The quantitative estimate of drug-likeness (QED) is 0.746. The summed E-state index contributed by atoms with van der Waals surface area (Å²) in [5.41, 5.74) is 2.23. The second kappa shape index (κ2) is 5.36. The van der Waals surface area contributed by atoms with Crippen LogP contribution in [0.5, 0.6) is 0 Å². The Bertz CT molecular complexity index is 441. The van der Waals surface area contributed by atoms with E-state index in [-0.39, 0.29) is 11.3 Å². The number of amides is 1. The molecule has 2 nitrogen and oxygen atoms in total. The van der Waals surface area contributed by atoms with Gasteiger partial charge < -0.3 is 4.90 Å². The third kappa shape index (κ3) is 3.17. The van der Waals surface area contributed by atoms with Crippen molar-refractivity contribution >= 4 is 5.91 Å². The van der Waals surface area contributed by atoms with Crippen molar-refractivity contribution in [3.8, 4) is 0 Å². The molecule has 2 rings (SSSR count). The SMILES string of the molecule is C[C@H]1CCCCN1C(=O)c1ccc(C(C)(C)C)cc1. The maximum atomic E-state index is 12.5. The summed E-state index contributed by atoms with van der Waals surface area (Å²) < 4.78 is 0. The minimum atomic E-state index is 0.139. The molecule has 0 unspecified atom stereocenters. The van der Waals surface area contributed by atoms with Crippen molar-refractivity contribution in [3.05, 3.63) is 35.4 Å². The van der Waals surface area contributed by atoms with Gasteiger partial charge in [0.15, 0.2) is 0 Å². The lowest BCUT2D eigenvalue weighted by atomic mass is 9.86. The molecule has 0 N–H and O–H groups in total. The first-order valence-corrected chi connectivity index (χ1v) is 7.31. The third-order valence-corrected chi connectivity index (χ3v) is 4.06. The molecule has 104 valence electrons. The highest BCUT2D eigenvalue weighted by molar-refractivity contribution is 5.94. The summed E-state index contributed by atoms with van der Waals surface area (Å²) in [6, 6.07) is 8.50. The van der Waals surface area contributed by atoms with Gasteiger partial charge in [0.2, 0.25) is 0 Å². The standard InChI is InChI=1S/C17H25NO/c1-13-7-5-6-12-18(13)16(19)14-8-10-15(11-9-14)17(2,3)4/h8-11,13H,5-7,12H2,1-4H3/t13-/m0/s1. The van der Waals surface area contributed by atoms with Crippen LogP contribution < -0.4 is 0 Å². The van der Waals surface area contributed by atoms with Crippen LogP contribution in [-0.2, 0) is 5.41 Å². The summed E-state index contributed by atoms with van der Waals surface area (Å²) in [4.78, 5) is 14.5. The van der Waals surface area contributed by atoms with Gasteiger partial charge in [0.1, 0.15) is 0 Å². The first-order valence-electron chi connectivity index (χ1n) is 7.31. The van der Waals surface area contributed by atoms with Crippen molar-refractivity contribution in [1.29, 1.82) is 0 Å². The van der Waals surface area contributed by atoms with Crippen LogP contribution in [0.15, 0.2) is 24.3 Å². The van der Waals surface area contributed by atoms with Gasteiger partial charge in [-0.15, -0.1) is 0 Å². The molecule has 2 heteroatoms. The lowest BCUT2D eigenvalue weighted by Crippen LogP contribution is -2.42. The van der Waals surface area contributed by atoms with Gasteiger partial charge in [0, 0.05) is 18.2 Å². The van der Waals surface area contributed by atoms with E-state index in [1.165, 1.54) is 12.0 Å². The van der Waals surface area contributed by atoms with Gasteiger partial charge in [0.05, 0.1) is 0 Å². The van der Waals surface area contributed by atoms with Gasteiger partial charge in [-0.25, -0.2) is 0 Å². The van der Waals surface area contributed by atoms with E-state index in [0.717, 1.165) is 24.9 Å². The Hall–Kier alpha value is -1.31. The zero-order valence-electron chi connectivity index (χ0n) is 12.6. The monoisotopic (exact) mass is 259 g/mol. The molecule has 1 amide bonds. The fourth-order valence-electron chi connectivity index (χ4n) is 2.68. The van der Waals surface area contributed by atoms with Gasteiger partial charge in [-0.1, -0.05) is 32.9 Å². The van der Waals surface area contributed by atoms with E-state index in [2.05, 4.69) is 39.8 Å². The number of benzene rings is 1. The molecule has 19 heavy (non-hydrogen) atoms. The average Bonchev–Trinajstić information content (AvgIpc) is 2.38.